The van der Waals surface area contributed by atoms with Gasteiger partial charge >= 0.3 is 6.03 Å². The number of urea groups is 1. The first-order valence-electron chi connectivity index (χ1n) is 5.07. The molecule has 94 valence electrons. The number of carbonyl (C=O) groups is 1. The predicted molar refractivity (Wildman–Crippen MR) is 67.8 cm³/mol. The van der Waals surface area contributed by atoms with Crippen LogP contribution in [0, 0.1) is 5.82 Å². The Labute approximate surface area is 108 Å². The Morgan fingerprint density at radius 2 is 2.18 bits per heavy atom. The molecule has 1 aromatic rings. The van der Waals surface area contributed by atoms with E-state index < -0.39 is 11.4 Å². The monoisotopic (exact) mass is 303 g/mol. The molecule has 0 saturated carbocycles. The van der Waals surface area contributed by atoms with Crippen LogP contribution in [0.4, 0.5) is 9.18 Å². The first kappa shape index (κ1) is 13.9. The van der Waals surface area contributed by atoms with E-state index in [0.717, 1.165) is 4.47 Å². The van der Waals surface area contributed by atoms with Crippen molar-refractivity contribution >= 4 is 22.0 Å². The van der Waals surface area contributed by atoms with Gasteiger partial charge in [0.2, 0.25) is 0 Å². The Morgan fingerprint density at radius 1 is 1.53 bits per heavy atom. The SMILES string of the molecule is CC(C)(CNC(=O)NN)c1cc(Br)ccc1F. The lowest BCUT2D eigenvalue weighted by molar-refractivity contribution is 0.238. The highest BCUT2D eigenvalue weighted by Crippen LogP contribution is 2.27. The van der Waals surface area contributed by atoms with Gasteiger partial charge in [0.1, 0.15) is 5.82 Å². The fourth-order valence-corrected chi connectivity index (χ4v) is 1.82. The molecule has 0 heterocycles. The van der Waals surface area contributed by atoms with Crippen molar-refractivity contribution in [3.63, 3.8) is 0 Å². The van der Waals surface area contributed by atoms with Gasteiger partial charge in [-0.25, -0.2) is 15.0 Å². The molecule has 0 spiro atoms. The van der Waals surface area contributed by atoms with Gasteiger partial charge in [0.15, 0.2) is 0 Å². The lowest BCUT2D eigenvalue weighted by atomic mass is 9.84. The summed E-state index contributed by atoms with van der Waals surface area (Å²) in [5.74, 6) is 4.65. The Kier molecular flexibility index (Phi) is 4.47. The predicted octanol–water partition coefficient (Wildman–Crippen LogP) is 2.04. The van der Waals surface area contributed by atoms with Gasteiger partial charge in [0.05, 0.1) is 0 Å². The van der Waals surface area contributed by atoms with E-state index in [0.29, 0.717) is 5.56 Å². The average Bonchev–Trinajstić information content (AvgIpc) is 2.29. The van der Waals surface area contributed by atoms with E-state index in [4.69, 9.17) is 5.84 Å². The van der Waals surface area contributed by atoms with Crippen LogP contribution in [0.15, 0.2) is 22.7 Å². The highest BCUT2D eigenvalue weighted by Gasteiger charge is 2.25. The topological polar surface area (TPSA) is 67.2 Å². The molecule has 0 atom stereocenters. The Hall–Kier alpha value is -1.14. The van der Waals surface area contributed by atoms with Crippen LogP contribution in [0.3, 0.4) is 0 Å². The second-order valence-corrected chi connectivity index (χ2v) is 5.25. The molecule has 1 aromatic carbocycles. The number of nitrogens with two attached hydrogens (primary N) is 1. The van der Waals surface area contributed by atoms with E-state index in [9.17, 15) is 9.18 Å². The lowest BCUT2D eigenvalue weighted by Gasteiger charge is -2.26. The smallest absolute Gasteiger partial charge is 0.328 e. The van der Waals surface area contributed by atoms with E-state index in [1.165, 1.54) is 6.07 Å². The van der Waals surface area contributed by atoms with Crippen LogP contribution in [0.5, 0.6) is 0 Å². The molecule has 0 saturated heterocycles. The van der Waals surface area contributed by atoms with Crippen molar-refractivity contribution in [2.75, 3.05) is 6.54 Å². The van der Waals surface area contributed by atoms with Crippen LogP contribution in [-0.4, -0.2) is 12.6 Å². The normalized spacial score (nSPS) is 11.1. The summed E-state index contributed by atoms with van der Waals surface area (Å²) >= 11 is 3.30. The second-order valence-electron chi connectivity index (χ2n) is 4.34. The van der Waals surface area contributed by atoms with Gasteiger partial charge in [-0.1, -0.05) is 29.8 Å². The number of halogens is 2. The third kappa shape index (κ3) is 3.67. The van der Waals surface area contributed by atoms with Crippen LogP contribution in [-0.2, 0) is 5.41 Å². The zero-order valence-corrected chi connectivity index (χ0v) is 11.3. The number of nitrogens with one attached hydrogen (secondary N) is 2. The molecule has 1 rings (SSSR count). The van der Waals surface area contributed by atoms with E-state index in [1.54, 1.807) is 12.1 Å². The van der Waals surface area contributed by atoms with Crippen molar-refractivity contribution in [3.8, 4) is 0 Å². The number of hydrogen-bond donors (Lipinski definition) is 3. The minimum absolute atomic E-state index is 0.281. The minimum atomic E-state index is -0.527. The van der Waals surface area contributed by atoms with Crippen LogP contribution in [0.25, 0.3) is 0 Å². The van der Waals surface area contributed by atoms with Crippen molar-refractivity contribution < 1.29 is 9.18 Å². The zero-order chi connectivity index (χ0) is 13.1. The fourth-order valence-electron chi connectivity index (χ4n) is 1.46. The Morgan fingerprint density at radius 3 is 2.76 bits per heavy atom. The summed E-state index contributed by atoms with van der Waals surface area (Å²) in [7, 11) is 0. The summed E-state index contributed by atoms with van der Waals surface area (Å²) in [5.41, 5.74) is 1.97. The van der Waals surface area contributed by atoms with E-state index in [-0.39, 0.29) is 12.4 Å². The quantitative estimate of drug-likeness (QED) is 0.454. The molecule has 0 radical (unpaired) electrons. The highest BCUT2D eigenvalue weighted by molar-refractivity contribution is 9.10. The standard InChI is InChI=1S/C11H15BrFN3O/c1-11(2,6-15-10(17)16-14)8-5-7(12)3-4-9(8)13/h3-5H,6,14H2,1-2H3,(H2,15,16,17). The molecule has 2 amide bonds. The zero-order valence-electron chi connectivity index (χ0n) is 9.68. The average molecular weight is 304 g/mol. The van der Waals surface area contributed by atoms with E-state index in [1.807, 2.05) is 19.3 Å². The Bertz CT molecular complexity index is 423. The van der Waals surface area contributed by atoms with Crippen LogP contribution in [0.1, 0.15) is 19.4 Å². The maximum Gasteiger partial charge on any atom is 0.328 e. The number of hydrazine groups is 1. The molecule has 0 aromatic heterocycles. The van der Waals surface area contributed by atoms with Gasteiger partial charge in [-0.05, 0) is 23.8 Å². The number of benzene rings is 1. The summed E-state index contributed by atoms with van der Waals surface area (Å²) in [6.45, 7) is 3.96. The number of carbonyl (C=O) groups excluding carboxylic acids is 1. The van der Waals surface area contributed by atoms with Gasteiger partial charge in [0, 0.05) is 16.4 Å². The maximum absolute atomic E-state index is 13.7. The lowest BCUT2D eigenvalue weighted by Crippen LogP contribution is -2.45. The molecule has 4 N–H and O–H groups in total. The third-order valence-corrected chi connectivity index (χ3v) is 2.97. The summed E-state index contributed by atoms with van der Waals surface area (Å²) in [5, 5.41) is 2.56. The van der Waals surface area contributed by atoms with E-state index >= 15 is 0 Å². The van der Waals surface area contributed by atoms with Gasteiger partial charge in [-0.3, -0.25) is 5.43 Å². The largest absolute Gasteiger partial charge is 0.336 e. The van der Waals surface area contributed by atoms with Crippen molar-refractivity contribution in [1.82, 2.24) is 10.7 Å². The molecule has 0 aliphatic carbocycles. The first-order chi connectivity index (χ1) is 7.86. The summed E-state index contributed by atoms with van der Waals surface area (Å²) in [6, 6.07) is 4.24. The number of rotatable bonds is 3. The Balaban J connectivity index is 2.88. The van der Waals surface area contributed by atoms with Gasteiger partial charge < -0.3 is 5.32 Å². The van der Waals surface area contributed by atoms with Gasteiger partial charge in [-0.2, -0.15) is 0 Å². The molecule has 0 fully saturated rings. The van der Waals surface area contributed by atoms with Crippen LogP contribution in [0.2, 0.25) is 0 Å². The maximum atomic E-state index is 13.7. The number of amides is 2. The summed E-state index contributed by atoms with van der Waals surface area (Å²) < 4.78 is 14.5. The summed E-state index contributed by atoms with van der Waals surface area (Å²) in [6.07, 6.45) is 0. The molecule has 0 bridgehead atoms. The first-order valence-corrected chi connectivity index (χ1v) is 5.86. The molecule has 0 aliphatic heterocycles. The molecule has 6 heteroatoms. The minimum Gasteiger partial charge on any atom is -0.336 e. The van der Waals surface area contributed by atoms with Crippen LogP contribution < -0.4 is 16.6 Å². The number of hydrogen-bond acceptors (Lipinski definition) is 2. The molecular formula is C11H15BrFN3O. The van der Waals surface area contributed by atoms with Crippen LogP contribution >= 0.6 is 15.9 Å². The molecule has 4 nitrogen and oxygen atoms in total. The van der Waals surface area contributed by atoms with Crippen molar-refractivity contribution in [2.45, 2.75) is 19.3 Å². The van der Waals surface area contributed by atoms with Crippen molar-refractivity contribution in [3.05, 3.63) is 34.1 Å². The third-order valence-electron chi connectivity index (χ3n) is 2.48. The van der Waals surface area contributed by atoms with Gasteiger partial charge in [-0.15, -0.1) is 0 Å². The highest BCUT2D eigenvalue weighted by atomic mass is 79.9. The van der Waals surface area contributed by atoms with Crippen molar-refractivity contribution in [2.24, 2.45) is 5.84 Å². The molecular weight excluding hydrogens is 289 g/mol. The van der Waals surface area contributed by atoms with E-state index in [2.05, 4.69) is 21.2 Å². The summed E-state index contributed by atoms with van der Waals surface area (Å²) in [4.78, 5) is 11.0. The fraction of sp³-hybridized carbons (Fsp3) is 0.364. The molecule has 0 unspecified atom stereocenters. The second kappa shape index (κ2) is 5.46. The molecule has 0 aliphatic rings. The molecule has 17 heavy (non-hydrogen) atoms. The van der Waals surface area contributed by atoms with Gasteiger partial charge in [0.25, 0.3) is 0 Å². The van der Waals surface area contributed by atoms with Crippen molar-refractivity contribution in [1.29, 1.82) is 0 Å².